The Bertz CT molecular complexity index is 1180. The number of halogens is 3. The largest absolute Gasteiger partial charge is 0.421 e. The van der Waals surface area contributed by atoms with Crippen LogP contribution in [0, 0.1) is 0 Å². The van der Waals surface area contributed by atoms with E-state index in [2.05, 4.69) is 30.3 Å². The third kappa shape index (κ3) is 5.96. The lowest BCUT2D eigenvalue weighted by molar-refractivity contribution is -0.137. The van der Waals surface area contributed by atoms with Crippen LogP contribution in [0.5, 0.6) is 0 Å². The molecule has 35 heavy (non-hydrogen) atoms. The Morgan fingerprint density at radius 1 is 1.14 bits per heavy atom. The number of hydrogen-bond donors (Lipinski definition) is 3. The number of amides is 1. The highest BCUT2D eigenvalue weighted by Gasteiger charge is 2.36. The van der Waals surface area contributed by atoms with Crippen molar-refractivity contribution in [3.8, 4) is 0 Å². The predicted octanol–water partition coefficient (Wildman–Crippen LogP) is 3.70. The van der Waals surface area contributed by atoms with Gasteiger partial charge in [-0.25, -0.2) is 9.78 Å². The summed E-state index contributed by atoms with van der Waals surface area (Å²) in [5.41, 5.74) is 2.12. The molecule has 0 aliphatic carbocycles. The Morgan fingerprint density at radius 2 is 1.89 bits per heavy atom. The second-order valence-corrected chi connectivity index (χ2v) is 8.05. The lowest BCUT2D eigenvalue weighted by Gasteiger charge is -2.28. The number of aromatic nitrogens is 2. The minimum atomic E-state index is -4.75. The van der Waals surface area contributed by atoms with Crippen LogP contribution < -0.4 is 21.0 Å². The highest BCUT2D eigenvalue weighted by atomic mass is 32.1. The summed E-state index contributed by atoms with van der Waals surface area (Å²) >= 11 is 0.961. The zero-order valence-corrected chi connectivity index (χ0v) is 18.8. The second-order valence-electron chi connectivity index (χ2n) is 7.14. The van der Waals surface area contributed by atoms with Gasteiger partial charge in [0, 0.05) is 30.7 Å². The zero-order chi connectivity index (χ0) is 24.8. The number of rotatable bonds is 8. The number of carbonyl (C=O) groups is 2. The van der Waals surface area contributed by atoms with E-state index in [0.717, 1.165) is 30.1 Å². The molecule has 1 fully saturated rings. The average molecular weight is 508 g/mol. The quantitative estimate of drug-likeness (QED) is 0.309. The molecule has 14 heteroatoms. The highest BCUT2D eigenvalue weighted by Crippen LogP contribution is 2.37. The van der Waals surface area contributed by atoms with Crippen molar-refractivity contribution in [2.24, 2.45) is 0 Å². The number of hydrogen-bond acceptors (Lipinski definition) is 10. The molecule has 0 saturated carbocycles. The van der Waals surface area contributed by atoms with Crippen LogP contribution in [0.25, 0.3) is 0 Å². The molecule has 1 amide bonds. The third-order valence-electron chi connectivity index (χ3n) is 4.91. The Kier molecular flexibility index (Phi) is 7.31. The molecule has 2 aromatic heterocycles. The molecule has 4 rings (SSSR count). The number of thiophene rings is 1. The summed E-state index contributed by atoms with van der Waals surface area (Å²) in [6.07, 6.45) is -3.95. The first-order chi connectivity index (χ1) is 16.8. The SMILES string of the molecule is O=CNOC(=O)c1ccsc1Nc1nc(Nc2ccc(N3CCOCC3)cc2)ncc1C(F)(F)F. The van der Waals surface area contributed by atoms with Crippen LogP contribution in [-0.2, 0) is 20.5 Å². The molecule has 1 saturated heterocycles. The van der Waals surface area contributed by atoms with Crippen molar-refractivity contribution >= 4 is 51.9 Å². The van der Waals surface area contributed by atoms with Crippen LogP contribution in [0.15, 0.2) is 41.9 Å². The third-order valence-corrected chi connectivity index (χ3v) is 5.74. The van der Waals surface area contributed by atoms with Gasteiger partial charge in [0.1, 0.15) is 16.4 Å². The van der Waals surface area contributed by atoms with E-state index in [1.807, 2.05) is 12.1 Å². The Balaban J connectivity index is 1.55. The van der Waals surface area contributed by atoms with Gasteiger partial charge in [0.05, 0.1) is 18.8 Å². The first kappa shape index (κ1) is 24.2. The van der Waals surface area contributed by atoms with Gasteiger partial charge in [0.15, 0.2) is 0 Å². The summed E-state index contributed by atoms with van der Waals surface area (Å²) in [5, 5.41) is 6.95. The van der Waals surface area contributed by atoms with Crippen molar-refractivity contribution in [2.45, 2.75) is 6.18 Å². The van der Waals surface area contributed by atoms with E-state index >= 15 is 0 Å². The summed E-state index contributed by atoms with van der Waals surface area (Å²) in [6, 6.07) is 8.64. The molecule has 0 unspecified atom stereocenters. The van der Waals surface area contributed by atoms with Crippen molar-refractivity contribution < 1.29 is 32.3 Å². The van der Waals surface area contributed by atoms with Crippen molar-refractivity contribution in [3.63, 3.8) is 0 Å². The molecule has 10 nitrogen and oxygen atoms in total. The number of benzene rings is 1. The maximum atomic E-state index is 13.6. The van der Waals surface area contributed by atoms with E-state index in [1.165, 1.54) is 11.4 Å². The van der Waals surface area contributed by atoms with Gasteiger partial charge >= 0.3 is 12.1 Å². The van der Waals surface area contributed by atoms with Crippen molar-refractivity contribution in [2.75, 3.05) is 41.8 Å². The molecule has 1 aliphatic rings. The van der Waals surface area contributed by atoms with Gasteiger partial charge < -0.3 is 25.1 Å². The fourth-order valence-corrected chi connectivity index (χ4v) is 4.03. The number of nitrogens with zero attached hydrogens (tertiary/aromatic N) is 3. The number of nitrogens with one attached hydrogen (secondary N) is 3. The minimum absolute atomic E-state index is 0.0488. The summed E-state index contributed by atoms with van der Waals surface area (Å²) in [5.74, 6) is -1.59. The first-order valence-corrected chi connectivity index (χ1v) is 11.1. The standard InChI is InChI=1S/C21H19F3N6O4S/c22-21(23,24)16-11-25-20(27-13-1-3-14(4-2-13)30-6-8-33-9-7-30)29-17(16)28-18-15(5-10-35-18)19(32)34-26-12-31/h1-5,10-12H,6-9H2,(H,26,31)(H2,25,27,28,29). The highest BCUT2D eigenvalue weighted by molar-refractivity contribution is 7.14. The first-order valence-electron chi connectivity index (χ1n) is 10.2. The Morgan fingerprint density at radius 3 is 2.57 bits per heavy atom. The van der Waals surface area contributed by atoms with Crippen molar-refractivity contribution in [3.05, 3.63) is 53.0 Å². The van der Waals surface area contributed by atoms with E-state index in [9.17, 15) is 22.8 Å². The lowest BCUT2D eigenvalue weighted by Crippen LogP contribution is -2.36. The van der Waals surface area contributed by atoms with Crippen LogP contribution in [0.4, 0.5) is 41.3 Å². The fraction of sp³-hybridized carbons (Fsp3) is 0.238. The number of anilines is 5. The van der Waals surface area contributed by atoms with Gasteiger partial charge in [0.2, 0.25) is 12.4 Å². The van der Waals surface area contributed by atoms with Gasteiger partial charge in [-0.3, -0.25) is 4.79 Å². The molecule has 1 aliphatic heterocycles. The van der Waals surface area contributed by atoms with Gasteiger partial charge in [-0.1, -0.05) is 0 Å². The second kappa shape index (κ2) is 10.6. The smallest absolute Gasteiger partial charge is 0.378 e. The predicted molar refractivity (Wildman–Crippen MR) is 122 cm³/mol. The molecular formula is C21H19F3N6O4S. The van der Waals surface area contributed by atoms with Crippen molar-refractivity contribution in [1.82, 2.24) is 15.4 Å². The van der Waals surface area contributed by atoms with E-state index < -0.39 is 23.5 Å². The summed E-state index contributed by atoms with van der Waals surface area (Å²) < 4.78 is 46.1. The average Bonchev–Trinajstić information content (AvgIpc) is 3.31. The van der Waals surface area contributed by atoms with Crippen LogP contribution in [0.3, 0.4) is 0 Å². The zero-order valence-electron chi connectivity index (χ0n) is 18.0. The molecule has 184 valence electrons. The maximum absolute atomic E-state index is 13.6. The number of hydroxylamine groups is 1. The molecule has 1 aromatic carbocycles. The van der Waals surface area contributed by atoms with Crippen LogP contribution in [0.1, 0.15) is 15.9 Å². The van der Waals surface area contributed by atoms with Crippen LogP contribution in [0.2, 0.25) is 0 Å². The maximum Gasteiger partial charge on any atom is 0.421 e. The Labute approximate surface area is 201 Å². The molecule has 3 aromatic rings. The van der Waals surface area contributed by atoms with E-state index in [0.29, 0.717) is 25.1 Å². The lowest BCUT2D eigenvalue weighted by atomic mass is 10.2. The summed E-state index contributed by atoms with van der Waals surface area (Å²) in [4.78, 5) is 36.8. The monoisotopic (exact) mass is 508 g/mol. The van der Waals surface area contributed by atoms with E-state index in [1.54, 1.807) is 17.6 Å². The van der Waals surface area contributed by atoms with Crippen molar-refractivity contribution in [1.29, 1.82) is 0 Å². The normalized spacial score (nSPS) is 13.7. The molecule has 0 radical (unpaired) electrons. The van der Waals surface area contributed by atoms with Gasteiger partial charge in [0.25, 0.3) is 0 Å². The number of morpholine rings is 1. The fourth-order valence-electron chi connectivity index (χ4n) is 3.26. The number of carbonyl (C=O) groups excluding carboxylic acids is 2. The Hall–Kier alpha value is -3.91. The molecule has 0 atom stereocenters. The van der Waals surface area contributed by atoms with Gasteiger partial charge in [-0.05, 0) is 35.7 Å². The summed E-state index contributed by atoms with van der Waals surface area (Å²) in [7, 11) is 0. The van der Waals surface area contributed by atoms with Gasteiger partial charge in [-0.2, -0.15) is 23.6 Å². The van der Waals surface area contributed by atoms with E-state index in [-0.39, 0.29) is 22.9 Å². The molecule has 0 bridgehead atoms. The summed E-state index contributed by atoms with van der Waals surface area (Å²) in [6.45, 7) is 2.83. The molecule has 0 spiro atoms. The van der Waals surface area contributed by atoms with E-state index in [4.69, 9.17) is 4.74 Å². The molecule has 3 N–H and O–H groups in total. The van der Waals surface area contributed by atoms with Crippen LogP contribution in [-0.4, -0.2) is 48.7 Å². The molecular weight excluding hydrogens is 489 g/mol. The minimum Gasteiger partial charge on any atom is -0.378 e. The van der Waals surface area contributed by atoms with Gasteiger partial charge in [-0.15, -0.1) is 11.3 Å². The number of ether oxygens (including phenoxy) is 1. The topological polar surface area (TPSA) is 118 Å². The molecule has 3 heterocycles. The number of alkyl halides is 3. The van der Waals surface area contributed by atoms with Crippen LogP contribution >= 0.6 is 11.3 Å².